The van der Waals surface area contributed by atoms with Crippen molar-refractivity contribution in [2.24, 2.45) is 0 Å². The van der Waals surface area contributed by atoms with Crippen LogP contribution >= 0.6 is 0 Å². The smallest absolute Gasteiger partial charge is 0.188 e. The number of benzene rings is 1. The Morgan fingerprint density at radius 2 is 2.24 bits per heavy atom. The second-order valence-electron chi connectivity index (χ2n) is 3.73. The number of aromatic amines is 1. The van der Waals surface area contributed by atoms with E-state index in [0.29, 0.717) is 18.1 Å². The molecule has 0 saturated heterocycles. The minimum absolute atomic E-state index is 0.0784. The quantitative estimate of drug-likeness (QED) is 0.721. The van der Waals surface area contributed by atoms with Gasteiger partial charge in [-0.25, -0.2) is 0 Å². The highest BCUT2D eigenvalue weighted by atomic mass is 16.3. The number of nitrogens with one attached hydrogen (secondary N) is 2. The summed E-state index contributed by atoms with van der Waals surface area (Å²) in [6.45, 7) is 2.57. The van der Waals surface area contributed by atoms with Gasteiger partial charge in [-0.05, 0) is 12.5 Å². The highest BCUT2D eigenvalue weighted by Crippen LogP contribution is 2.25. The lowest BCUT2D eigenvalue weighted by Crippen LogP contribution is -2.21. The maximum absolute atomic E-state index is 9.78. The molecule has 6 heteroatoms. The molecule has 0 amide bonds. The Balaban J connectivity index is 2.04. The predicted octanol–water partition coefficient (Wildman–Crippen LogP) is 1.15. The summed E-state index contributed by atoms with van der Waals surface area (Å²) in [7, 11) is 0. The molecular formula is C11H15N5O. The summed E-state index contributed by atoms with van der Waals surface area (Å²) in [5, 5.41) is 26.7. The molecular weight excluding hydrogens is 218 g/mol. The Morgan fingerprint density at radius 1 is 1.41 bits per heavy atom. The van der Waals surface area contributed by atoms with Crippen molar-refractivity contribution >= 4 is 0 Å². The Kier molecular flexibility index (Phi) is 3.66. The molecule has 2 rings (SSSR count). The van der Waals surface area contributed by atoms with Crippen molar-refractivity contribution in [2.75, 3.05) is 0 Å². The molecule has 1 unspecified atom stereocenters. The minimum atomic E-state index is 0.0784. The summed E-state index contributed by atoms with van der Waals surface area (Å²) in [6, 6.07) is 7.40. The number of nitrogens with zero attached hydrogens (tertiary/aromatic N) is 3. The molecule has 1 aromatic carbocycles. The lowest BCUT2D eigenvalue weighted by molar-refractivity contribution is 0.438. The van der Waals surface area contributed by atoms with Gasteiger partial charge >= 0.3 is 0 Å². The molecule has 1 heterocycles. The highest BCUT2D eigenvalue weighted by molar-refractivity contribution is 5.34. The number of aromatic hydroxyl groups is 1. The van der Waals surface area contributed by atoms with E-state index in [2.05, 4.69) is 32.9 Å². The second-order valence-corrected chi connectivity index (χ2v) is 3.73. The zero-order chi connectivity index (χ0) is 12.1. The fraction of sp³-hybridized carbons (Fsp3) is 0.364. The fourth-order valence-corrected chi connectivity index (χ4v) is 1.73. The third-order valence-electron chi connectivity index (χ3n) is 2.62. The SMILES string of the molecule is CCC(NCc1nn[nH]n1)c1ccccc1O. The first-order chi connectivity index (χ1) is 8.31. The third-order valence-corrected chi connectivity index (χ3v) is 2.62. The molecule has 3 N–H and O–H groups in total. The van der Waals surface area contributed by atoms with Gasteiger partial charge in [-0.15, -0.1) is 10.2 Å². The summed E-state index contributed by atoms with van der Waals surface area (Å²) >= 11 is 0. The number of hydrogen-bond acceptors (Lipinski definition) is 5. The summed E-state index contributed by atoms with van der Waals surface area (Å²) in [6.07, 6.45) is 0.870. The molecule has 0 aliphatic rings. The van der Waals surface area contributed by atoms with E-state index in [4.69, 9.17) is 0 Å². The Hall–Kier alpha value is -1.95. The lowest BCUT2D eigenvalue weighted by Gasteiger charge is -2.17. The predicted molar refractivity (Wildman–Crippen MR) is 62.2 cm³/mol. The van der Waals surface area contributed by atoms with Crippen LogP contribution in [0.2, 0.25) is 0 Å². The normalized spacial score (nSPS) is 12.5. The van der Waals surface area contributed by atoms with E-state index < -0.39 is 0 Å². The van der Waals surface area contributed by atoms with E-state index in [9.17, 15) is 5.11 Å². The van der Waals surface area contributed by atoms with E-state index in [1.54, 1.807) is 6.07 Å². The largest absolute Gasteiger partial charge is 0.508 e. The first kappa shape index (κ1) is 11.5. The maximum Gasteiger partial charge on any atom is 0.188 e. The lowest BCUT2D eigenvalue weighted by atomic mass is 10.0. The van der Waals surface area contributed by atoms with E-state index in [0.717, 1.165) is 12.0 Å². The molecule has 90 valence electrons. The summed E-state index contributed by atoms with van der Waals surface area (Å²) in [4.78, 5) is 0. The Labute approximate surface area is 99.1 Å². The van der Waals surface area contributed by atoms with E-state index in [1.807, 2.05) is 18.2 Å². The van der Waals surface area contributed by atoms with Gasteiger partial charge in [0.05, 0.1) is 6.54 Å². The molecule has 6 nitrogen and oxygen atoms in total. The van der Waals surface area contributed by atoms with Gasteiger partial charge < -0.3 is 10.4 Å². The van der Waals surface area contributed by atoms with Crippen LogP contribution in [0.5, 0.6) is 5.75 Å². The second kappa shape index (κ2) is 5.40. The van der Waals surface area contributed by atoms with Gasteiger partial charge in [0, 0.05) is 11.6 Å². The molecule has 0 aliphatic carbocycles. The number of tetrazole rings is 1. The molecule has 0 saturated carbocycles. The number of phenolic OH excluding ortho intramolecular Hbond substituents is 1. The maximum atomic E-state index is 9.78. The molecule has 0 radical (unpaired) electrons. The van der Waals surface area contributed by atoms with Crippen molar-refractivity contribution < 1.29 is 5.11 Å². The fourth-order valence-electron chi connectivity index (χ4n) is 1.73. The van der Waals surface area contributed by atoms with Crippen LogP contribution < -0.4 is 5.32 Å². The number of rotatable bonds is 5. The standard InChI is InChI=1S/C11H15N5O/c1-2-9(8-5-3-4-6-10(8)17)12-7-11-13-15-16-14-11/h3-6,9,12,17H,2,7H2,1H3,(H,13,14,15,16). The van der Waals surface area contributed by atoms with Crippen molar-refractivity contribution in [2.45, 2.75) is 25.9 Å². The third kappa shape index (κ3) is 2.79. The average molecular weight is 233 g/mol. The molecule has 0 bridgehead atoms. The van der Waals surface area contributed by atoms with E-state index in [1.165, 1.54) is 0 Å². The van der Waals surface area contributed by atoms with Crippen LogP contribution in [0.4, 0.5) is 0 Å². The van der Waals surface area contributed by atoms with Crippen LogP contribution in [0.3, 0.4) is 0 Å². The van der Waals surface area contributed by atoms with Gasteiger partial charge in [0.2, 0.25) is 0 Å². The van der Waals surface area contributed by atoms with E-state index in [-0.39, 0.29) is 6.04 Å². The Morgan fingerprint density at radius 3 is 2.88 bits per heavy atom. The number of hydrogen-bond donors (Lipinski definition) is 3. The van der Waals surface area contributed by atoms with Crippen LogP contribution in [-0.2, 0) is 6.54 Å². The molecule has 2 aromatic rings. The molecule has 0 fully saturated rings. The average Bonchev–Trinajstić information content (AvgIpc) is 2.85. The summed E-state index contributed by atoms with van der Waals surface area (Å²) in [5.74, 6) is 0.916. The van der Waals surface area contributed by atoms with E-state index >= 15 is 0 Å². The zero-order valence-corrected chi connectivity index (χ0v) is 9.59. The van der Waals surface area contributed by atoms with Crippen molar-refractivity contribution in [3.63, 3.8) is 0 Å². The van der Waals surface area contributed by atoms with Crippen molar-refractivity contribution in [3.05, 3.63) is 35.7 Å². The van der Waals surface area contributed by atoms with Crippen molar-refractivity contribution in [1.29, 1.82) is 0 Å². The van der Waals surface area contributed by atoms with Gasteiger partial charge in [0.1, 0.15) is 5.75 Å². The molecule has 0 aliphatic heterocycles. The molecule has 0 spiro atoms. The first-order valence-corrected chi connectivity index (χ1v) is 5.55. The van der Waals surface area contributed by atoms with Crippen LogP contribution in [-0.4, -0.2) is 25.7 Å². The van der Waals surface area contributed by atoms with Gasteiger partial charge in [-0.3, -0.25) is 0 Å². The Bertz CT molecular complexity index is 457. The highest BCUT2D eigenvalue weighted by Gasteiger charge is 2.13. The van der Waals surface area contributed by atoms with Crippen molar-refractivity contribution in [3.8, 4) is 5.75 Å². The van der Waals surface area contributed by atoms with Gasteiger partial charge in [-0.2, -0.15) is 5.21 Å². The first-order valence-electron chi connectivity index (χ1n) is 5.55. The minimum Gasteiger partial charge on any atom is -0.508 e. The number of para-hydroxylation sites is 1. The van der Waals surface area contributed by atoms with Crippen LogP contribution in [0, 0.1) is 0 Å². The van der Waals surface area contributed by atoms with Gasteiger partial charge in [0.15, 0.2) is 5.82 Å². The topological polar surface area (TPSA) is 86.7 Å². The van der Waals surface area contributed by atoms with Gasteiger partial charge in [0.25, 0.3) is 0 Å². The molecule has 17 heavy (non-hydrogen) atoms. The number of H-pyrrole nitrogens is 1. The van der Waals surface area contributed by atoms with Crippen LogP contribution in [0.15, 0.2) is 24.3 Å². The van der Waals surface area contributed by atoms with Crippen LogP contribution in [0.1, 0.15) is 30.8 Å². The molecule has 1 atom stereocenters. The van der Waals surface area contributed by atoms with Crippen LogP contribution in [0.25, 0.3) is 0 Å². The van der Waals surface area contributed by atoms with Gasteiger partial charge in [-0.1, -0.05) is 30.3 Å². The summed E-state index contributed by atoms with van der Waals surface area (Å²) in [5.41, 5.74) is 0.887. The number of aromatic nitrogens is 4. The number of phenols is 1. The summed E-state index contributed by atoms with van der Waals surface area (Å²) < 4.78 is 0. The zero-order valence-electron chi connectivity index (χ0n) is 9.59. The monoisotopic (exact) mass is 233 g/mol. The molecule has 1 aromatic heterocycles. The van der Waals surface area contributed by atoms with Crippen molar-refractivity contribution in [1.82, 2.24) is 25.9 Å².